The van der Waals surface area contributed by atoms with Crippen molar-refractivity contribution < 1.29 is 14.3 Å². The van der Waals surface area contributed by atoms with E-state index in [0.29, 0.717) is 24.5 Å². The second kappa shape index (κ2) is 7.25. The standard InChI is InChI=1S/C18H19N3O3S/c22-17(19-10-14-11-21-6-8-25-18(21)20-14)13-3-1-4-15(9-13)24-12-16-5-2-7-23-16/h1,3-4,6,8-9,11,16H,2,5,7,10,12H2,(H,19,22). The summed E-state index contributed by atoms with van der Waals surface area (Å²) in [6.07, 6.45) is 6.15. The highest BCUT2D eigenvalue weighted by Crippen LogP contribution is 2.17. The minimum Gasteiger partial charge on any atom is -0.491 e. The molecule has 4 rings (SSSR count). The van der Waals surface area contributed by atoms with Gasteiger partial charge in [0.15, 0.2) is 4.96 Å². The second-order valence-electron chi connectivity index (χ2n) is 5.98. The fourth-order valence-corrected chi connectivity index (χ4v) is 3.55. The average molecular weight is 357 g/mol. The van der Waals surface area contributed by atoms with Crippen LogP contribution in [0.3, 0.4) is 0 Å². The first kappa shape index (κ1) is 16.1. The summed E-state index contributed by atoms with van der Waals surface area (Å²) < 4.78 is 13.2. The Balaban J connectivity index is 1.34. The van der Waals surface area contributed by atoms with E-state index in [-0.39, 0.29) is 12.0 Å². The van der Waals surface area contributed by atoms with Crippen molar-refractivity contribution in [1.29, 1.82) is 0 Å². The van der Waals surface area contributed by atoms with Crippen LogP contribution in [-0.4, -0.2) is 34.6 Å². The van der Waals surface area contributed by atoms with E-state index in [1.807, 2.05) is 34.3 Å². The number of ether oxygens (including phenoxy) is 2. The highest BCUT2D eigenvalue weighted by Gasteiger charge is 2.16. The fraction of sp³-hybridized carbons (Fsp3) is 0.333. The number of rotatable bonds is 6. The first-order valence-electron chi connectivity index (χ1n) is 8.32. The maximum Gasteiger partial charge on any atom is 0.251 e. The molecule has 0 saturated carbocycles. The number of imidazole rings is 1. The van der Waals surface area contributed by atoms with Crippen LogP contribution in [0.2, 0.25) is 0 Å². The second-order valence-corrected chi connectivity index (χ2v) is 6.85. The van der Waals surface area contributed by atoms with Gasteiger partial charge in [-0.1, -0.05) is 6.07 Å². The van der Waals surface area contributed by atoms with Crippen molar-refractivity contribution in [2.75, 3.05) is 13.2 Å². The zero-order valence-corrected chi connectivity index (χ0v) is 14.5. The smallest absolute Gasteiger partial charge is 0.251 e. The van der Waals surface area contributed by atoms with Crippen LogP contribution < -0.4 is 10.1 Å². The minimum atomic E-state index is -0.140. The molecule has 1 saturated heterocycles. The van der Waals surface area contributed by atoms with Gasteiger partial charge in [0, 0.05) is 29.9 Å². The Labute approximate surface area is 149 Å². The first-order valence-corrected chi connectivity index (χ1v) is 9.19. The van der Waals surface area contributed by atoms with Crippen LogP contribution in [0.25, 0.3) is 4.96 Å². The van der Waals surface area contributed by atoms with E-state index in [9.17, 15) is 4.79 Å². The molecule has 0 bridgehead atoms. The van der Waals surface area contributed by atoms with Crippen molar-refractivity contribution in [3.05, 3.63) is 53.3 Å². The number of hydrogen-bond acceptors (Lipinski definition) is 5. The van der Waals surface area contributed by atoms with Gasteiger partial charge in [-0.05, 0) is 31.0 Å². The van der Waals surface area contributed by atoms with Crippen molar-refractivity contribution in [1.82, 2.24) is 14.7 Å². The summed E-state index contributed by atoms with van der Waals surface area (Å²) in [4.78, 5) is 17.7. The maximum absolute atomic E-state index is 12.4. The summed E-state index contributed by atoms with van der Waals surface area (Å²) in [6, 6.07) is 7.22. The van der Waals surface area contributed by atoms with Gasteiger partial charge < -0.3 is 14.8 Å². The molecule has 1 unspecified atom stereocenters. The number of fused-ring (bicyclic) bond motifs is 1. The lowest BCUT2D eigenvalue weighted by molar-refractivity contribution is 0.0679. The predicted octanol–water partition coefficient (Wildman–Crippen LogP) is 2.88. The van der Waals surface area contributed by atoms with Gasteiger partial charge in [-0.15, -0.1) is 11.3 Å². The number of aromatic nitrogens is 2. The normalized spacial score (nSPS) is 17.0. The zero-order valence-electron chi connectivity index (χ0n) is 13.7. The minimum absolute atomic E-state index is 0.140. The van der Waals surface area contributed by atoms with E-state index in [1.165, 1.54) is 0 Å². The molecule has 1 aliphatic rings. The molecule has 2 aromatic heterocycles. The van der Waals surface area contributed by atoms with Gasteiger partial charge in [0.25, 0.3) is 5.91 Å². The zero-order chi connectivity index (χ0) is 17.1. The van der Waals surface area contributed by atoms with Crippen LogP contribution in [-0.2, 0) is 11.3 Å². The molecule has 0 spiro atoms. The van der Waals surface area contributed by atoms with Crippen LogP contribution in [0.1, 0.15) is 28.9 Å². The number of amides is 1. The highest BCUT2D eigenvalue weighted by atomic mass is 32.1. The largest absolute Gasteiger partial charge is 0.491 e. The molecule has 3 heterocycles. The van der Waals surface area contributed by atoms with Crippen LogP contribution in [0.5, 0.6) is 5.75 Å². The third-order valence-electron chi connectivity index (χ3n) is 4.13. The van der Waals surface area contributed by atoms with Gasteiger partial charge in [-0.25, -0.2) is 4.98 Å². The predicted molar refractivity (Wildman–Crippen MR) is 95.2 cm³/mol. The number of thiazole rings is 1. The summed E-state index contributed by atoms with van der Waals surface area (Å²) in [6.45, 7) is 1.73. The quantitative estimate of drug-likeness (QED) is 0.737. The highest BCUT2D eigenvalue weighted by molar-refractivity contribution is 7.15. The van der Waals surface area contributed by atoms with Crippen molar-refractivity contribution in [3.8, 4) is 5.75 Å². The topological polar surface area (TPSA) is 64.9 Å². The van der Waals surface area contributed by atoms with Crippen LogP contribution in [0.15, 0.2) is 42.0 Å². The Morgan fingerprint density at radius 2 is 2.44 bits per heavy atom. The molecule has 130 valence electrons. The summed E-state index contributed by atoms with van der Waals surface area (Å²) in [5.41, 5.74) is 1.41. The number of nitrogens with zero attached hydrogens (tertiary/aromatic N) is 2. The summed E-state index contributed by atoms with van der Waals surface area (Å²) in [5.74, 6) is 0.546. The number of carbonyl (C=O) groups is 1. The van der Waals surface area contributed by atoms with E-state index < -0.39 is 0 Å². The molecule has 3 aromatic rings. The van der Waals surface area contributed by atoms with Gasteiger partial charge in [0.1, 0.15) is 12.4 Å². The molecule has 1 aliphatic heterocycles. The van der Waals surface area contributed by atoms with E-state index >= 15 is 0 Å². The van der Waals surface area contributed by atoms with E-state index in [2.05, 4.69) is 10.3 Å². The van der Waals surface area contributed by atoms with E-state index in [1.54, 1.807) is 23.5 Å². The van der Waals surface area contributed by atoms with Crippen LogP contribution in [0.4, 0.5) is 0 Å². The van der Waals surface area contributed by atoms with Gasteiger partial charge in [-0.2, -0.15) is 0 Å². The summed E-state index contributed by atoms with van der Waals surface area (Å²) in [5, 5.41) is 4.88. The average Bonchev–Trinajstić information content (AvgIpc) is 3.35. The van der Waals surface area contributed by atoms with Gasteiger partial charge >= 0.3 is 0 Å². The van der Waals surface area contributed by atoms with Crippen molar-refractivity contribution in [3.63, 3.8) is 0 Å². The first-order chi connectivity index (χ1) is 12.3. The van der Waals surface area contributed by atoms with Crippen LogP contribution in [0, 0.1) is 0 Å². The third-order valence-corrected chi connectivity index (χ3v) is 4.90. The molecular formula is C18H19N3O3S. The Morgan fingerprint density at radius 1 is 1.48 bits per heavy atom. The van der Waals surface area contributed by atoms with Gasteiger partial charge in [0.05, 0.1) is 18.3 Å². The summed E-state index contributed by atoms with van der Waals surface area (Å²) in [7, 11) is 0. The molecule has 7 heteroatoms. The molecule has 6 nitrogen and oxygen atoms in total. The third kappa shape index (κ3) is 3.83. The maximum atomic E-state index is 12.4. The Morgan fingerprint density at radius 3 is 3.28 bits per heavy atom. The Bertz CT molecular complexity index is 839. The number of carbonyl (C=O) groups excluding carboxylic acids is 1. The van der Waals surface area contributed by atoms with Crippen LogP contribution >= 0.6 is 11.3 Å². The van der Waals surface area contributed by atoms with E-state index in [4.69, 9.17) is 9.47 Å². The summed E-state index contributed by atoms with van der Waals surface area (Å²) >= 11 is 1.57. The lowest BCUT2D eigenvalue weighted by Crippen LogP contribution is -2.23. The molecule has 1 fully saturated rings. The van der Waals surface area contributed by atoms with Crippen molar-refractivity contribution in [2.24, 2.45) is 0 Å². The van der Waals surface area contributed by atoms with Gasteiger partial charge in [-0.3, -0.25) is 9.20 Å². The molecule has 25 heavy (non-hydrogen) atoms. The van der Waals surface area contributed by atoms with E-state index in [0.717, 1.165) is 30.1 Å². The lowest BCUT2D eigenvalue weighted by atomic mass is 10.2. The monoisotopic (exact) mass is 357 g/mol. The Hall–Kier alpha value is -2.38. The molecular weight excluding hydrogens is 338 g/mol. The number of benzene rings is 1. The van der Waals surface area contributed by atoms with Crippen molar-refractivity contribution in [2.45, 2.75) is 25.5 Å². The van der Waals surface area contributed by atoms with Crippen molar-refractivity contribution >= 4 is 22.2 Å². The molecule has 1 N–H and O–H groups in total. The Kier molecular flexibility index (Phi) is 4.67. The molecule has 0 aliphatic carbocycles. The SMILES string of the molecule is O=C(NCc1cn2ccsc2n1)c1cccc(OCC2CCCO2)c1. The lowest BCUT2D eigenvalue weighted by Gasteiger charge is -2.12. The molecule has 0 radical (unpaired) electrons. The van der Waals surface area contributed by atoms with Gasteiger partial charge in [0.2, 0.25) is 0 Å². The molecule has 1 aromatic carbocycles. The fourth-order valence-electron chi connectivity index (χ4n) is 2.83. The number of hydrogen-bond donors (Lipinski definition) is 1. The molecule has 1 amide bonds. The molecule has 1 atom stereocenters. The number of nitrogens with one attached hydrogen (secondary N) is 1.